The number of piperazine rings is 1. The van der Waals surface area contributed by atoms with E-state index in [1.54, 1.807) is 11.5 Å². The topological polar surface area (TPSA) is 88.9 Å². The van der Waals surface area contributed by atoms with Crippen LogP contribution in [-0.2, 0) is 0 Å². The van der Waals surface area contributed by atoms with Crippen molar-refractivity contribution in [3.8, 4) is 11.5 Å². The normalized spacial score (nSPS) is 14.8. The summed E-state index contributed by atoms with van der Waals surface area (Å²) in [5.74, 6) is 0.148. The smallest absolute Gasteiger partial charge is 0.258 e. The van der Waals surface area contributed by atoms with Crippen molar-refractivity contribution in [3.05, 3.63) is 46.4 Å². The molecule has 3 N–H and O–H groups in total. The van der Waals surface area contributed by atoms with Crippen molar-refractivity contribution in [1.82, 2.24) is 14.6 Å². The van der Waals surface area contributed by atoms with Crippen LogP contribution in [0.25, 0.3) is 10.1 Å². The fourth-order valence-corrected chi connectivity index (χ4v) is 4.94. The van der Waals surface area contributed by atoms with E-state index in [2.05, 4.69) is 59.7 Å². The molecule has 0 spiro atoms. The summed E-state index contributed by atoms with van der Waals surface area (Å²) in [7, 11) is 0. The zero-order valence-electron chi connectivity index (χ0n) is 17.1. The van der Waals surface area contributed by atoms with Crippen LogP contribution in [0.2, 0.25) is 0 Å². The number of hydrogen-bond donors (Lipinski definition) is 3. The van der Waals surface area contributed by atoms with Gasteiger partial charge in [0.1, 0.15) is 22.9 Å². The average molecular weight is 505 g/mol. The van der Waals surface area contributed by atoms with Crippen molar-refractivity contribution in [3.63, 3.8) is 0 Å². The van der Waals surface area contributed by atoms with E-state index in [1.807, 2.05) is 0 Å². The highest BCUT2D eigenvalue weighted by molar-refractivity contribution is 9.10. The first kappa shape index (κ1) is 21.9. The second kappa shape index (κ2) is 9.84. The molecule has 1 aliphatic heterocycles. The van der Waals surface area contributed by atoms with Gasteiger partial charge >= 0.3 is 0 Å². The van der Waals surface area contributed by atoms with Crippen LogP contribution in [0.4, 0.5) is 5.82 Å². The van der Waals surface area contributed by atoms with E-state index < -0.39 is 5.91 Å². The zero-order valence-corrected chi connectivity index (χ0v) is 19.5. The van der Waals surface area contributed by atoms with Gasteiger partial charge in [-0.05, 0) is 71.1 Å². The molecule has 1 aliphatic rings. The third-order valence-electron chi connectivity index (χ3n) is 5.55. The average Bonchev–Trinajstić information content (AvgIpc) is 3.21. The minimum Gasteiger partial charge on any atom is -0.507 e. The summed E-state index contributed by atoms with van der Waals surface area (Å²) >= 11 is 4.72. The van der Waals surface area contributed by atoms with Crippen LogP contribution < -0.4 is 10.2 Å². The molecule has 0 atom stereocenters. The lowest BCUT2D eigenvalue weighted by Gasteiger charge is -2.35. The van der Waals surface area contributed by atoms with Crippen molar-refractivity contribution < 1.29 is 15.0 Å². The molecule has 31 heavy (non-hydrogen) atoms. The third-order valence-corrected chi connectivity index (χ3v) is 7.01. The number of unbranched alkanes of at least 4 members (excludes halogenated alkanes) is 1. The van der Waals surface area contributed by atoms with E-state index in [-0.39, 0.29) is 17.1 Å². The Labute approximate surface area is 193 Å². The number of nitrogens with one attached hydrogen (secondary N) is 1. The molecule has 1 fully saturated rings. The highest BCUT2D eigenvalue weighted by Gasteiger charge is 2.21. The van der Waals surface area contributed by atoms with Crippen LogP contribution in [0.15, 0.2) is 40.9 Å². The van der Waals surface area contributed by atoms with Gasteiger partial charge in [-0.15, -0.1) is 0 Å². The van der Waals surface area contributed by atoms with Crippen LogP contribution in [0.3, 0.4) is 0 Å². The summed E-state index contributed by atoms with van der Waals surface area (Å²) in [6, 6.07) is 11.3. The molecule has 0 unspecified atom stereocenters. The molecule has 1 aromatic heterocycles. The summed E-state index contributed by atoms with van der Waals surface area (Å²) in [5.41, 5.74) is -0.0972. The molecule has 4 rings (SSSR count). The van der Waals surface area contributed by atoms with Crippen molar-refractivity contribution >= 4 is 49.3 Å². The fourth-order valence-electron chi connectivity index (χ4n) is 3.81. The number of halogens is 1. The van der Waals surface area contributed by atoms with Crippen LogP contribution in [0.1, 0.15) is 23.2 Å². The second-order valence-corrected chi connectivity index (χ2v) is 9.24. The fraction of sp³-hybridized carbons (Fsp3) is 0.364. The lowest BCUT2D eigenvalue weighted by atomic mass is 10.1. The summed E-state index contributed by atoms with van der Waals surface area (Å²) in [4.78, 5) is 17.1. The molecule has 0 aliphatic carbocycles. The first-order valence-corrected chi connectivity index (χ1v) is 11.9. The predicted octanol–water partition coefficient (Wildman–Crippen LogP) is 3.80. The van der Waals surface area contributed by atoms with Gasteiger partial charge in [0, 0.05) is 38.1 Å². The molecule has 164 valence electrons. The number of hydrogen-bond acceptors (Lipinski definition) is 7. The van der Waals surface area contributed by atoms with Crippen LogP contribution in [-0.4, -0.2) is 64.7 Å². The number of carbonyl (C=O) groups is 1. The Morgan fingerprint density at radius 2 is 1.87 bits per heavy atom. The maximum atomic E-state index is 12.3. The number of fused-ring (bicyclic) bond motifs is 1. The van der Waals surface area contributed by atoms with Gasteiger partial charge < -0.3 is 20.4 Å². The van der Waals surface area contributed by atoms with E-state index in [0.29, 0.717) is 11.0 Å². The number of phenolic OH excluding ortho intramolecular Hbond substituents is 2. The van der Waals surface area contributed by atoms with Crippen molar-refractivity contribution in [2.24, 2.45) is 0 Å². The minimum absolute atomic E-state index is 0.0972. The maximum absolute atomic E-state index is 12.3. The number of anilines is 1. The van der Waals surface area contributed by atoms with Gasteiger partial charge in [-0.25, -0.2) is 0 Å². The van der Waals surface area contributed by atoms with Gasteiger partial charge in [0.2, 0.25) is 0 Å². The highest BCUT2D eigenvalue weighted by Crippen LogP contribution is 2.34. The van der Waals surface area contributed by atoms with Gasteiger partial charge in [-0.3, -0.25) is 9.69 Å². The molecule has 0 bridgehead atoms. The molecular formula is C22H25BrN4O3S. The molecule has 0 saturated carbocycles. The van der Waals surface area contributed by atoms with Crippen LogP contribution in [0, 0.1) is 0 Å². The van der Waals surface area contributed by atoms with Gasteiger partial charge in [0.15, 0.2) is 0 Å². The van der Waals surface area contributed by atoms with Gasteiger partial charge in [0.05, 0.1) is 9.17 Å². The van der Waals surface area contributed by atoms with E-state index >= 15 is 0 Å². The van der Waals surface area contributed by atoms with E-state index in [0.717, 1.165) is 51.4 Å². The predicted molar refractivity (Wildman–Crippen MR) is 127 cm³/mol. The number of nitrogens with zero attached hydrogens (tertiary/aromatic N) is 3. The Hall–Kier alpha value is -2.36. The first-order chi connectivity index (χ1) is 15.0. The van der Waals surface area contributed by atoms with Crippen molar-refractivity contribution in [2.45, 2.75) is 12.8 Å². The van der Waals surface area contributed by atoms with Gasteiger partial charge in [-0.1, -0.05) is 12.1 Å². The zero-order chi connectivity index (χ0) is 21.8. The molecule has 3 aromatic rings. The lowest BCUT2D eigenvalue weighted by molar-refractivity contribution is 0.0947. The largest absolute Gasteiger partial charge is 0.507 e. The van der Waals surface area contributed by atoms with E-state index in [4.69, 9.17) is 0 Å². The highest BCUT2D eigenvalue weighted by atomic mass is 79.9. The van der Waals surface area contributed by atoms with E-state index in [9.17, 15) is 15.0 Å². The maximum Gasteiger partial charge on any atom is 0.258 e. The molecule has 2 heterocycles. The van der Waals surface area contributed by atoms with Gasteiger partial charge in [0.25, 0.3) is 5.91 Å². The molecule has 9 heteroatoms. The van der Waals surface area contributed by atoms with Crippen LogP contribution in [0.5, 0.6) is 11.5 Å². The Morgan fingerprint density at radius 1 is 1.10 bits per heavy atom. The molecule has 7 nitrogen and oxygen atoms in total. The summed E-state index contributed by atoms with van der Waals surface area (Å²) in [6.45, 7) is 5.40. The molecule has 2 aromatic carbocycles. The Bertz CT molecular complexity index is 1070. The number of carbonyl (C=O) groups excluding carboxylic acids is 1. The lowest BCUT2D eigenvalue weighted by Crippen LogP contribution is -2.46. The molecule has 0 radical (unpaired) electrons. The third kappa shape index (κ3) is 4.94. The Kier molecular flexibility index (Phi) is 6.94. The monoisotopic (exact) mass is 504 g/mol. The summed E-state index contributed by atoms with van der Waals surface area (Å²) < 4.78 is 6.26. The van der Waals surface area contributed by atoms with Gasteiger partial charge in [-0.2, -0.15) is 4.37 Å². The number of benzene rings is 2. The SMILES string of the molecule is O=C(NCCCCN1CCN(c2nsc3ccccc23)CC1)c1c(O)ccc(Br)c1O. The first-order valence-electron chi connectivity index (χ1n) is 10.3. The molecular weight excluding hydrogens is 480 g/mol. The number of aromatic hydroxyl groups is 2. The summed E-state index contributed by atoms with van der Waals surface area (Å²) in [5, 5.41) is 23.8. The number of phenols is 2. The minimum atomic E-state index is -0.472. The Morgan fingerprint density at radius 3 is 2.68 bits per heavy atom. The van der Waals surface area contributed by atoms with Crippen LogP contribution >= 0.6 is 27.5 Å². The quantitative estimate of drug-likeness (QED) is 0.424. The number of amides is 1. The molecule has 1 saturated heterocycles. The Balaban J connectivity index is 1.18. The number of aromatic nitrogens is 1. The number of rotatable bonds is 7. The van der Waals surface area contributed by atoms with E-state index in [1.165, 1.54) is 22.2 Å². The second-order valence-electron chi connectivity index (χ2n) is 7.58. The van der Waals surface area contributed by atoms with Crippen molar-refractivity contribution in [1.29, 1.82) is 0 Å². The molecule has 1 amide bonds. The standard InChI is InChI=1S/C22H25BrN4O3S/c23-16-7-8-17(28)19(20(16)29)22(30)24-9-3-4-10-26-11-13-27(14-12-26)21-15-5-1-2-6-18(15)31-25-21/h1-2,5-8,28-29H,3-4,9-14H2,(H,24,30). The van der Waals surface area contributed by atoms with Crippen molar-refractivity contribution in [2.75, 3.05) is 44.2 Å². The summed E-state index contributed by atoms with van der Waals surface area (Å²) in [6.07, 6.45) is 1.80.